The Morgan fingerprint density at radius 1 is 1.15 bits per heavy atom. The predicted octanol–water partition coefficient (Wildman–Crippen LogP) is 2.75. The molecule has 1 heterocycles. The van der Waals surface area contributed by atoms with E-state index in [2.05, 4.69) is 11.4 Å². The summed E-state index contributed by atoms with van der Waals surface area (Å²) in [4.78, 5) is 25.3. The third-order valence-electron chi connectivity index (χ3n) is 5.40. The number of rotatable bonds is 4. The molecule has 7 heteroatoms. The molecule has 2 aliphatic rings. The molecule has 7 nitrogen and oxygen atoms in total. The van der Waals surface area contributed by atoms with Gasteiger partial charge in [0.25, 0.3) is 0 Å². The molecule has 1 saturated heterocycles. The van der Waals surface area contributed by atoms with Crippen LogP contribution in [-0.2, 0) is 4.79 Å². The van der Waals surface area contributed by atoms with Gasteiger partial charge in [0, 0.05) is 32.0 Å². The van der Waals surface area contributed by atoms with Crippen LogP contribution in [-0.4, -0.2) is 47.2 Å². The summed E-state index contributed by atoms with van der Waals surface area (Å²) in [7, 11) is 0. The molecule has 1 aromatic rings. The molecule has 1 saturated carbocycles. The van der Waals surface area contributed by atoms with Crippen molar-refractivity contribution in [3.05, 3.63) is 29.8 Å². The van der Waals surface area contributed by atoms with Crippen LogP contribution in [0.25, 0.3) is 0 Å². The van der Waals surface area contributed by atoms with E-state index >= 15 is 0 Å². The fraction of sp³-hybridized carbons (Fsp3) is 0.550. The van der Waals surface area contributed by atoms with Crippen molar-refractivity contribution in [2.24, 2.45) is 5.92 Å². The largest absolute Gasteiger partial charge is 0.490 e. The van der Waals surface area contributed by atoms with E-state index in [1.54, 1.807) is 23.1 Å². The summed E-state index contributed by atoms with van der Waals surface area (Å²) in [6, 6.07) is 9.21. The van der Waals surface area contributed by atoms with Crippen molar-refractivity contribution in [1.82, 2.24) is 10.2 Å². The predicted molar refractivity (Wildman–Crippen MR) is 98.3 cm³/mol. The molecule has 3 rings (SSSR count). The highest BCUT2D eigenvalue weighted by atomic mass is 16.5. The molecule has 1 aliphatic carbocycles. The Morgan fingerprint density at radius 3 is 2.48 bits per heavy atom. The van der Waals surface area contributed by atoms with Crippen LogP contribution in [0.2, 0.25) is 0 Å². The van der Waals surface area contributed by atoms with Crippen LogP contribution in [0, 0.1) is 17.2 Å². The van der Waals surface area contributed by atoms with Crippen LogP contribution < -0.4 is 10.1 Å². The van der Waals surface area contributed by atoms with Gasteiger partial charge < -0.3 is 20.1 Å². The minimum atomic E-state index is -0.734. The number of ether oxygens (including phenoxy) is 1. The number of hydrogen-bond donors (Lipinski definition) is 2. The van der Waals surface area contributed by atoms with E-state index in [0.29, 0.717) is 37.2 Å². The highest BCUT2D eigenvalue weighted by Crippen LogP contribution is 2.25. The Labute approximate surface area is 158 Å². The van der Waals surface area contributed by atoms with Gasteiger partial charge in [-0.3, -0.25) is 4.79 Å². The molecule has 2 amide bonds. The standard InChI is InChI=1S/C20H25N3O4/c21-13-14-2-1-3-18(12-14)27-17-8-10-23(11-9-17)20(26)22-16-6-4-15(5-7-16)19(24)25/h1-3,12,15-17H,4-11H2,(H,22,26)(H,24,25). The second-order valence-corrected chi connectivity index (χ2v) is 7.28. The minimum absolute atomic E-state index is 0.0361. The fourth-order valence-corrected chi connectivity index (χ4v) is 3.76. The topological polar surface area (TPSA) is 103 Å². The van der Waals surface area contributed by atoms with Gasteiger partial charge in [-0.25, -0.2) is 4.79 Å². The van der Waals surface area contributed by atoms with Gasteiger partial charge in [0.1, 0.15) is 11.9 Å². The molecule has 144 valence electrons. The molecule has 0 bridgehead atoms. The molecular weight excluding hydrogens is 346 g/mol. The van der Waals surface area contributed by atoms with Crippen molar-refractivity contribution in [3.63, 3.8) is 0 Å². The first-order chi connectivity index (χ1) is 13.0. The van der Waals surface area contributed by atoms with Gasteiger partial charge in [-0.1, -0.05) is 6.07 Å². The average molecular weight is 371 g/mol. The quantitative estimate of drug-likeness (QED) is 0.847. The zero-order chi connectivity index (χ0) is 19.2. The lowest BCUT2D eigenvalue weighted by Gasteiger charge is -2.34. The van der Waals surface area contributed by atoms with Crippen LogP contribution in [0.3, 0.4) is 0 Å². The summed E-state index contributed by atoms with van der Waals surface area (Å²) in [5.74, 6) is -0.320. The zero-order valence-corrected chi connectivity index (χ0v) is 15.3. The summed E-state index contributed by atoms with van der Waals surface area (Å²) in [6.07, 6.45) is 4.21. The molecule has 1 aromatic carbocycles. The van der Waals surface area contributed by atoms with Crippen molar-refractivity contribution in [3.8, 4) is 11.8 Å². The fourth-order valence-electron chi connectivity index (χ4n) is 3.76. The molecule has 27 heavy (non-hydrogen) atoms. The summed E-state index contributed by atoms with van der Waals surface area (Å²) in [6.45, 7) is 1.25. The number of amides is 2. The lowest BCUT2D eigenvalue weighted by atomic mass is 9.86. The van der Waals surface area contributed by atoms with E-state index in [-0.39, 0.29) is 24.1 Å². The van der Waals surface area contributed by atoms with Gasteiger partial charge in [-0.15, -0.1) is 0 Å². The first kappa shape index (κ1) is 19.0. The molecule has 0 aromatic heterocycles. The van der Waals surface area contributed by atoms with Crippen LogP contribution in [0.1, 0.15) is 44.1 Å². The number of nitrogens with zero attached hydrogens (tertiary/aromatic N) is 2. The second kappa shape index (κ2) is 8.76. The maximum absolute atomic E-state index is 12.5. The molecular formula is C20H25N3O4. The van der Waals surface area contributed by atoms with Crippen molar-refractivity contribution in [2.45, 2.75) is 50.7 Å². The summed E-state index contributed by atoms with van der Waals surface area (Å²) in [5, 5.41) is 21.0. The number of piperidine rings is 1. The van der Waals surface area contributed by atoms with Gasteiger partial charge in [-0.05, 0) is 43.9 Å². The highest BCUT2D eigenvalue weighted by Gasteiger charge is 2.29. The number of aliphatic carboxylic acids is 1. The van der Waals surface area contributed by atoms with Gasteiger partial charge in [0.05, 0.1) is 17.6 Å². The van der Waals surface area contributed by atoms with Crippen LogP contribution >= 0.6 is 0 Å². The lowest BCUT2D eigenvalue weighted by molar-refractivity contribution is -0.142. The van der Waals surface area contributed by atoms with Crippen LogP contribution in [0.4, 0.5) is 4.79 Å². The Hall–Kier alpha value is -2.75. The summed E-state index contributed by atoms with van der Waals surface area (Å²) < 4.78 is 5.94. The Morgan fingerprint density at radius 2 is 1.85 bits per heavy atom. The number of benzene rings is 1. The average Bonchev–Trinajstić information content (AvgIpc) is 2.69. The van der Waals surface area contributed by atoms with E-state index < -0.39 is 5.97 Å². The number of carboxylic acids is 1. The summed E-state index contributed by atoms with van der Waals surface area (Å²) >= 11 is 0. The molecule has 0 unspecified atom stereocenters. The zero-order valence-electron chi connectivity index (χ0n) is 15.3. The van der Waals surface area contributed by atoms with Crippen molar-refractivity contribution in [2.75, 3.05) is 13.1 Å². The van der Waals surface area contributed by atoms with E-state index in [4.69, 9.17) is 15.1 Å². The number of carboxylic acid groups (broad SMARTS) is 1. The van der Waals surface area contributed by atoms with E-state index in [0.717, 1.165) is 25.7 Å². The first-order valence-electron chi connectivity index (χ1n) is 9.50. The normalized spacial score (nSPS) is 23.3. The maximum atomic E-state index is 12.5. The second-order valence-electron chi connectivity index (χ2n) is 7.28. The summed E-state index contributed by atoms with van der Waals surface area (Å²) in [5.41, 5.74) is 0.571. The number of urea groups is 1. The van der Waals surface area contributed by atoms with Crippen molar-refractivity contribution in [1.29, 1.82) is 5.26 Å². The number of nitrogens with one attached hydrogen (secondary N) is 1. The van der Waals surface area contributed by atoms with E-state index in [1.165, 1.54) is 0 Å². The Bertz CT molecular complexity index is 714. The van der Waals surface area contributed by atoms with Gasteiger partial charge in [-0.2, -0.15) is 5.26 Å². The Balaban J connectivity index is 1.41. The number of hydrogen-bond acceptors (Lipinski definition) is 4. The molecule has 2 fully saturated rings. The monoisotopic (exact) mass is 371 g/mol. The highest BCUT2D eigenvalue weighted by molar-refractivity contribution is 5.75. The SMILES string of the molecule is N#Cc1cccc(OC2CCN(C(=O)NC3CCC(C(=O)O)CC3)CC2)c1. The molecule has 2 N–H and O–H groups in total. The van der Waals surface area contributed by atoms with Crippen molar-refractivity contribution >= 4 is 12.0 Å². The molecule has 1 aliphatic heterocycles. The molecule has 0 spiro atoms. The minimum Gasteiger partial charge on any atom is -0.490 e. The number of likely N-dealkylation sites (tertiary alicyclic amines) is 1. The van der Waals surface area contributed by atoms with E-state index in [9.17, 15) is 9.59 Å². The van der Waals surface area contributed by atoms with Crippen LogP contribution in [0.15, 0.2) is 24.3 Å². The number of carbonyl (C=O) groups excluding carboxylic acids is 1. The van der Waals surface area contributed by atoms with Gasteiger partial charge in [0.2, 0.25) is 0 Å². The molecule has 0 atom stereocenters. The van der Waals surface area contributed by atoms with E-state index in [1.807, 2.05) is 6.07 Å². The maximum Gasteiger partial charge on any atom is 0.317 e. The third-order valence-corrected chi connectivity index (χ3v) is 5.40. The Kier molecular flexibility index (Phi) is 6.17. The number of carbonyl (C=O) groups is 2. The van der Waals surface area contributed by atoms with Crippen molar-refractivity contribution < 1.29 is 19.4 Å². The first-order valence-corrected chi connectivity index (χ1v) is 9.50. The van der Waals surface area contributed by atoms with Crippen LogP contribution in [0.5, 0.6) is 5.75 Å². The van der Waals surface area contributed by atoms with Gasteiger partial charge >= 0.3 is 12.0 Å². The molecule has 0 radical (unpaired) electrons. The smallest absolute Gasteiger partial charge is 0.317 e. The lowest BCUT2D eigenvalue weighted by Crippen LogP contribution is -2.50. The van der Waals surface area contributed by atoms with Gasteiger partial charge in [0.15, 0.2) is 0 Å². The number of nitriles is 1. The third kappa shape index (κ3) is 5.13.